The van der Waals surface area contributed by atoms with Gasteiger partial charge >= 0.3 is 0 Å². The molecule has 1 N–H and O–H groups in total. The molecule has 0 spiro atoms. The van der Waals surface area contributed by atoms with Gasteiger partial charge in [0.2, 0.25) is 0 Å². The first-order valence-electron chi connectivity index (χ1n) is 5.79. The van der Waals surface area contributed by atoms with Gasteiger partial charge in [-0.05, 0) is 25.1 Å². The first-order valence-corrected chi connectivity index (χ1v) is 6.17. The monoisotopic (exact) mass is 295 g/mol. The smallest absolute Gasteiger partial charge is 0.271 e. The number of nitro benzene ring substituents is 1. The second kappa shape index (κ2) is 5.83. The Labute approximate surface area is 119 Å². The molecule has 0 aliphatic carbocycles. The molecular formula is C13H11ClFN3O2. The Morgan fingerprint density at radius 2 is 2.15 bits per heavy atom. The number of nitro groups is 1. The first kappa shape index (κ1) is 14.2. The Hall–Kier alpha value is -2.21. The third kappa shape index (κ3) is 3.21. The van der Waals surface area contributed by atoms with E-state index in [2.05, 4.69) is 10.3 Å². The number of benzene rings is 1. The van der Waals surface area contributed by atoms with Crippen molar-refractivity contribution in [3.63, 3.8) is 0 Å². The van der Waals surface area contributed by atoms with Crippen LogP contribution in [0.4, 0.5) is 15.8 Å². The lowest BCUT2D eigenvalue weighted by molar-refractivity contribution is -0.384. The highest BCUT2D eigenvalue weighted by molar-refractivity contribution is 6.33. The number of nitrogens with zero attached hydrogens (tertiary/aromatic N) is 2. The van der Waals surface area contributed by atoms with Gasteiger partial charge in [0.25, 0.3) is 5.69 Å². The van der Waals surface area contributed by atoms with Gasteiger partial charge in [-0.1, -0.05) is 11.6 Å². The molecule has 7 heteroatoms. The van der Waals surface area contributed by atoms with Gasteiger partial charge in [-0.15, -0.1) is 0 Å². The molecule has 0 radical (unpaired) electrons. The summed E-state index contributed by atoms with van der Waals surface area (Å²) in [5.74, 6) is -0.408. The Bertz CT molecular complexity index is 634. The molecule has 0 bridgehead atoms. The van der Waals surface area contributed by atoms with E-state index in [0.717, 1.165) is 6.20 Å². The quantitative estimate of drug-likeness (QED) is 0.685. The van der Waals surface area contributed by atoms with Gasteiger partial charge in [-0.2, -0.15) is 0 Å². The number of nitrogens with one attached hydrogen (secondary N) is 1. The minimum atomic E-state index is -0.513. The van der Waals surface area contributed by atoms with Crippen LogP contribution in [0.5, 0.6) is 0 Å². The van der Waals surface area contributed by atoms with Crippen LogP contribution >= 0.6 is 11.6 Å². The van der Waals surface area contributed by atoms with Gasteiger partial charge < -0.3 is 5.32 Å². The van der Waals surface area contributed by atoms with Crippen LogP contribution in [0.3, 0.4) is 0 Å². The highest BCUT2D eigenvalue weighted by Crippen LogP contribution is 2.29. The zero-order valence-electron chi connectivity index (χ0n) is 10.5. The van der Waals surface area contributed by atoms with Crippen molar-refractivity contribution >= 4 is 23.0 Å². The summed E-state index contributed by atoms with van der Waals surface area (Å²) in [5.41, 5.74) is 1.12. The van der Waals surface area contributed by atoms with Crippen LogP contribution < -0.4 is 5.32 Å². The van der Waals surface area contributed by atoms with Gasteiger partial charge in [-0.25, -0.2) is 4.39 Å². The number of non-ortho nitro benzene ring substituents is 1. The zero-order chi connectivity index (χ0) is 14.7. The summed E-state index contributed by atoms with van der Waals surface area (Å²) in [4.78, 5) is 14.1. The molecule has 0 fully saturated rings. The van der Waals surface area contributed by atoms with Crippen molar-refractivity contribution in [1.29, 1.82) is 0 Å². The standard InChI is InChI=1S/C13H11ClFN3O2/c1-8(12-4-2-9(15)7-16-12)17-13-5-3-10(18(19)20)6-11(13)14/h2-8,17H,1H3. The average molecular weight is 296 g/mol. The number of hydrogen-bond donors (Lipinski definition) is 1. The lowest BCUT2D eigenvalue weighted by Crippen LogP contribution is -2.09. The number of pyridine rings is 1. The van der Waals surface area contributed by atoms with E-state index in [1.54, 1.807) is 6.07 Å². The van der Waals surface area contributed by atoms with E-state index >= 15 is 0 Å². The van der Waals surface area contributed by atoms with E-state index in [-0.39, 0.29) is 16.8 Å². The summed E-state index contributed by atoms with van der Waals surface area (Å²) in [6.45, 7) is 1.83. The minimum Gasteiger partial charge on any atom is -0.376 e. The molecule has 1 unspecified atom stereocenters. The molecule has 0 saturated carbocycles. The second-order valence-electron chi connectivity index (χ2n) is 4.19. The average Bonchev–Trinajstić information content (AvgIpc) is 2.41. The van der Waals surface area contributed by atoms with Crippen LogP contribution in [0, 0.1) is 15.9 Å². The molecule has 5 nitrogen and oxygen atoms in total. The fraction of sp³-hybridized carbons (Fsp3) is 0.154. The summed E-state index contributed by atoms with van der Waals surface area (Å²) in [5, 5.41) is 13.9. The van der Waals surface area contributed by atoms with E-state index in [4.69, 9.17) is 11.6 Å². The van der Waals surface area contributed by atoms with Gasteiger partial charge in [0.15, 0.2) is 0 Å². The minimum absolute atomic E-state index is 0.0758. The van der Waals surface area contributed by atoms with Crippen LogP contribution in [0.2, 0.25) is 5.02 Å². The number of anilines is 1. The van der Waals surface area contributed by atoms with Crippen LogP contribution in [-0.4, -0.2) is 9.91 Å². The summed E-state index contributed by atoms with van der Waals surface area (Å²) in [7, 11) is 0. The highest BCUT2D eigenvalue weighted by Gasteiger charge is 2.12. The van der Waals surface area contributed by atoms with Gasteiger partial charge in [0, 0.05) is 12.1 Å². The maximum Gasteiger partial charge on any atom is 0.271 e. The fourth-order valence-electron chi connectivity index (χ4n) is 1.69. The van der Waals surface area contributed by atoms with Gasteiger partial charge in [0.1, 0.15) is 5.82 Å². The van der Waals surface area contributed by atoms with Crippen molar-refractivity contribution in [2.75, 3.05) is 5.32 Å². The molecule has 2 rings (SSSR count). The van der Waals surface area contributed by atoms with Crippen molar-refractivity contribution in [1.82, 2.24) is 4.98 Å². The van der Waals surface area contributed by atoms with Crippen molar-refractivity contribution in [3.8, 4) is 0 Å². The Morgan fingerprint density at radius 3 is 2.70 bits per heavy atom. The SMILES string of the molecule is CC(Nc1ccc([N+](=O)[O-])cc1Cl)c1ccc(F)cn1. The number of aromatic nitrogens is 1. The molecule has 104 valence electrons. The fourth-order valence-corrected chi connectivity index (χ4v) is 1.91. The summed E-state index contributed by atoms with van der Waals surface area (Å²) in [6, 6.07) is 6.83. The molecule has 2 aromatic rings. The lowest BCUT2D eigenvalue weighted by Gasteiger charge is -2.15. The van der Waals surface area contributed by atoms with Crippen LogP contribution in [0.25, 0.3) is 0 Å². The van der Waals surface area contributed by atoms with Crippen LogP contribution in [0.15, 0.2) is 36.5 Å². The van der Waals surface area contributed by atoms with Crippen molar-refractivity contribution in [3.05, 3.63) is 63.2 Å². The first-order chi connectivity index (χ1) is 9.47. The molecule has 1 atom stereocenters. The van der Waals surface area contributed by atoms with E-state index in [1.807, 2.05) is 6.92 Å². The molecule has 1 heterocycles. The summed E-state index contributed by atoms with van der Waals surface area (Å²) < 4.78 is 12.8. The van der Waals surface area contributed by atoms with E-state index in [9.17, 15) is 14.5 Å². The van der Waals surface area contributed by atoms with Crippen LogP contribution in [0.1, 0.15) is 18.7 Å². The zero-order valence-corrected chi connectivity index (χ0v) is 11.3. The number of halogens is 2. The van der Waals surface area contributed by atoms with E-state index < -0.39 is 10.7 Å². The second-order valence-corrected chi connectivity index (χ2v) is 4.60. The summed E-state index contributed by atoms with van der Waals surface area (Å²) >= 11 is 5.98. The van der Waals surface area contributed by atoms with Crippen molar-refractivity contribution in [2.45, 2.75) is 13.0 Å². The van der Waals surface area contributed by atoms with Gasteiger partial charge in [0.05, 0.1) is 33.6 Å². The normalized spacial score (nSPS) is 11.9. The number of rotatable bonds is 4. The Balaban J connectivity index is 2.17. The molecule has 1 aromatic heterocycles. The topological polar surface area (TPSA) is 68.1 Å². The Morgan fingerprint density at radius 1 is 1.40 bits per heavy atom. The molecule has 0 aliphatic rings. The molecule has 0 saturated heterocycles. The molecule has 0 aliphatic heterocycles. The predicted molar refractivity (Wildman–Crippen MR) is 74.3 cm³/mol. The largest absolute Gasteiger partial charge is 0.376 e. The van der Waals surface area contributed by atoms with E-state index in [0.29, 0.717) is 11.4 Å². The van der Waals surface area contributed by atoms with Gasteiger partial charge in [-0.3, -0.25) is 15.1 Å². The molecular weight excluding hydrogens is 285 g/mol. The maximum absolute atomic E-state index is 12.8. The van der Waals surface area contributed by atoms with Crippen molar-refractivity contribution in [2.24, 2.45) is 0 Å². The number of hydrogen-bond acceptors (Lipinski definition) is 4. The molecule has 20 heavy (non-hydrogen) atoms. The van der Waals surface area contributed by atoms with Crippen LogP contribution in [-0.2, 0) is 0 Å². The maximum atomic E-state index is 12.8. The molecule has 1 aromatic carbocycles. The van der Waals surface area contributed by atoms with Crippen molar-refractivity contribution < 1.29 is 9.31 Å². The summed E-state index contributed by atoms with van der Waals surface area (Å²) in [6.07, 6.45) is 1.13. The Kier molecular flexibility index (Phi) is 4.14. The van der Waals surface area contributed by atoms with E-state index in [1.165, 1.54) is 24.3 Å². The third-order valence-electron chi connectivity index (χ3n) is 2.73. The molecule has 0 amide bonds. The lowest BCUT2D eigenvalue weighted by atomic mass is 10.2. The third-order valence-corrected chi connectivity index (χ3v) is 3.04. The highest BCUT2D eigenvalue weighted by atomic mass is 35.5. The predicted octanol–water partition coefficient (Wildman–Crippen LogP) is 3.96.